The highest BCUT2D eigenvalue weighted by atomic mass is 32.2. The van der Waals surface area contributed by atoms with Gasteiger partial charge in [-0.25, -0.2) is 23.0 Å². The number of carbonyl (C=O) groups excluding carboxylic acids is 2. The Kier molecular flexibility index (Phi) is 5.78. The van der Waals surface area contributed by atoms with E-state index in [9.17, 15) is 18.0 Å². The fourth-order valence-electron chi connectivity index (χ4n) is 2.00. The molecule has 2 rings (SSSR count). The topological polar surface area (TPSA) is 121 Å². The van der Waals surface area contributed by atoms with Gasteiger partial charge in [0.25, 0.3) is 10.0 Å². The fraction of sp³-hybridized carbons (Fsp3) is 0.188. The average Bonchev–Trinajstić information content (AvgIpc) is 2.66. The van der Waals surface area contributed by atoms with Gasteiger partial charge in [-0.1, -0.05) is 0 Å². The summed E-state index contributed by atoms with van der Waals surface area (Å²) in [7, 11) is -0.395. The number of aromatic nitrogens is 1. The van der Waals surface area contributed by atoms with E-state index in [2.05, 4.69) is 19.2 Å². The highest BCUT2D eigenvalue weighted by Gasteiger charge is 2.21. The van der Waals surface area contributed by atoms with Crippen molar-refractivity contribution >= 4 is 27.6 Å². The van der Waals surface area contributed by atoms with Crippen LogP contribution in [0.5, 0.6) is 5.88 Å². The van der Waals surface area contributed by atoms with Crippen molar-refractivity contribution < 1.29 is 32.2 Å². The number of hydrogen-bond acceptors (Lipinski definition) is 8. The molecule has 138 valence electrons. The number of benzene rings is 1. The molecular formula is C16H16N2O7S. The molecule has 0 saturated heterocycles. The molecule has 0 aliphatic carbocycles. The molecule has 26 heavy (non-hydrogen) atoms. The van der Waals surface area contributed by atoms with Crippen molar-refractivity contribution in [2.75, 3.05) is 26.1 Å². The first-order valence-electron chi connectivity index (χ1n) is 7.15. The molecule has 1 aromatic carbocycles. The van der Waals surface area contributed by atoms with Crippen LogP contribution in [-0.2, 0) is 19.5 Å². The minimum Gasteiger partial charge on any atom is -0.481 e. The lowest BCUT2D eigenvalue weighted by molar-refractivity contribution is 0.0598. The molecule has 0 saturated carbocycles. The normalized spacial score (nSPS) is 10.7. The number of anilines is 1. The first-order chi connectivity index (χ1) is 12.3. The van der Waals surface area contributed by atoms with Gasteiger partial charge in [-0.15, -0.1) is 0 Å². The summed E-state index contributed by atoms with van der Waals surface area (Å²) in [6.45, 7) is 0. The molecule has 10 heteroatoms. The first-order valence-corrected chi connectivity index (χ1v) is 8.63. The van der Waals surface area contributed by atoms with Crippen LogP contribution < -0.4 is 9.46 Å². The van der Waals surface area contributed by atoms with Crippen LogP contribution >= 0.6 is 0 Å². The smallest absolute Gasteiger partial charge is 0.337 e. The summed E-state index contributed by atoms with van der Waals surface area (Å²) in [4.78, 5) is 27.1. The van der Waals surface area contributed by atoms with Crippen molar-refractivity contribution in [2.24, 2.45) is 0 Å². The van der Waals surface area contributed by atoms with Crippen LogP contribution in [0.25, 0.3) is 0 Å². The summed E-state index contributed by atoms with van der Waals surface area (Å²) in [5.74, 6) is -1.27. The molecule has 9 nitrogen and oxygen atoms in total. The summed E-state index contributed by atoms with van der Waals surface area (Å²) in [6, 6.07) is 6.30. The van der Waals surface area contributed by atoms with E-state index in [0.29, 0.717) is 5.88 Å². The van der Waals surface area contributed by atoms with E-state index in [4.69, 9.17) is 4.74 Å². The Labute approximate surface area is 150 Å². The average molecular weight is 380 g/mol. The summed E-state index contributed by atoms with van der Waals surface area (Å²) in [6.07, 6.45) is 1.27. The maximum atomic E-state index is 12.6. The Morgan fingerprint density at radius 2 is 1.54 bits per heavy atom. The lowest BCUT2D eigenvalue weighted by atomic mass is 10.1. The molecule has 0 aliphatic rings. The predicted molar refractivity (Wildman–Crippen MR) is 90.7 cm³/mol. The fourth-order valence-corrected chi connectivity index (χ4v) is 3.11. The number of esters is 2. The van der Waals surface area contributed by atoms with E-state index in [1.165, 1.54) is 31.5 Å². The Hall–Kier alpha value is -3.14. The number of rotatable bonds is 6. The number of nitrogens with one attached hydrogen (secondary N) is 1. The van der Waals surface area contributed by atoms with Gasteiger partial charge in [0, 0.05) is 6.07 Å². The third-order valence-corrected chi connectivity index (χ3v) is 4.62. The number of methoxy groups -OCH3 is 3. The molecule has 1 heterocycles. The van der Waals surface area contributed by atoms with Gasteiger partial charge in [0.05, 0.1) is 49.2 Å². The van der Waals surface area contributed by atoms with Gasteiger partial charge in [0.1, 0.15) is 0 Å². The number of hydrogen-bond donors (Lipinski definition) is 1. The van der Waals surface area contributed by atoms with E-state index in [0.717, 1.165) is 26.4 Å². The monoisotopic (exact) mass is 380 g/mol. The highest BCUT2D eigenvalue weighted by molar-refractivity contribution is 7.92. The third kappa shape index (κ3) is 4.28. The molecule has 1 aromatic heterocycles. The van der Waals surface area contributed by atoms with E-state index in [1.807, 2.05) is 0 Å². The Balaban J connectivity index is 2.45. The number of pyridine rings is 1. The van der Waals surface area contributed by atoms with Gasteiger partial charge in [0.15, 0.2) is 0 Å². The van der Waals surface area contributed by atoms with Crippen LogP contribution in [0, 0.1) is 0 Å². The second kappa shape index (κ2) is 7.83. The Morgan fingerprint density at radius 3 is 1.96 bits per heavy atom. The molecule has 0 spiro atoms. The Bertz CT molecular complexity index is 890. The molecular weight excluding hydrogens is 364 g/mol. The van der Waals surface area contributed by atoms with Gasteiger partial charge in [-0.2, -0.15) is 0 Å². The third-order valence-electron chi connectivity index (χ3n) is 3.26. The van der Waals surface area contributed by atoms with Gasteiger partial charge >= 0.3 is 11.9 Å². The highest BCUT2D eigenvalue weighted by Crippen LogP contribution is 2.21. The molecule has 1 N–H and O–H groups in total. The van der Waals surface area contributed by atoms with Crippen molar-refractivity contribution in [3.63, 3.8) is 0 Å². The van der Waals surface area contributed by atoms with Crippen LogP contribution in [0.3, 0.4) is 0 Å². The van der Waals surface area contributed by atoms with Crippen molar-refractivity contribution in [1.29, 1.82) is 0 Å². The molecule has 0 amide bonds. The van der Waals surface area contributed by atoms with Crippen molar-refractivity contribution in [1.82, 2.24) is 4.98 Å². The molecule has 0 unspecified atom stereocenters. The summed E-state index contributed by atoms with van der Waals surface area (Å²) in [5, 5.41) is 0. The van der Waals surface area contributed by atoms with Crippen LogP contribution in [0.15, 0.2) is 41.4 Å². The van der Waals surface area contributed by atoms with E-state index in [1.54, 1.807) is 0 Å². The molecule has 0 atom stereocenters. The lowest BCUT2D eigenvalue weighted by Gasteiger charge is -2.11. The predicted octanol–water partition coefficient (Wildman–Crippen LogP) is 1.46. The molecule has 0 aliphatic heterocycles. The second-order valence-electron chi connectivity index (χ2n) is 4.92. The van der Waals surface area contributed by atoms with Crippen molar-refractivity contribution in [2.45, 2.75) is 4.90 Å². The van der Waals surface area contributed by atoms with Crippen LogP contribution in [0.2, 0.25) is 0 Å². The minimum atomic E-state index is -4.11. The summed E-state index contributed by atoms with van der Waals surface area (Å²) in [5.41, 5.74) is -0.0406. The van der Waals surface area contributed by atoms with Crippen molar-refractivity contribution in [3.05, 3.63) is 47.7 Å². The number of nitrogens with zero attached hydrogens (tertiary/aromatic N) is 1. The zero-order valence-corrected chi connectivity index (χ0v) is 15.0. The maximum absolute atomic E-state index is 12.6. The largest absolute Gasteiger partial charge is 0.481 e. The van der Waals surface area contributed by atoms with Gasteiger partial charge in [-0.3, -0.25) is 4.72 Å². The van der Waals surface area contributed by atoms with E-state index < -0.39 is 22.0 Å². The SMILES string of the molecule is COC(=O)c1cc(C(=O)OC)cc(S(=O)(=O)Nc2ccc(OC)nc2)c1. The molecule has 0 radical (unpaired) electrons. The standard InChI is InChI=1S/C16H16N2O7S/c1-23-14-5-4-12(9-17-14)18-26(21,22)13-7-10(15(19)24-2)6-11(8-13)16(20)25-3/h4-9,18H,1-3H3. The quantitative estimate of drug-likeness (QED) is 0.748. The maximum Gasteiger partial charge on any atom is 0.337 e. The Morgan fingerprint density at radius 1 is 0.962 bits per heavy atom. The van der Waals surface area contributed by atoms with Gasteiger partial charge in [0.2, 0.25) is 5.88 Å². The van der Waals surface area contributed by atoms with E-state index >= 15 is 0 Å². The number of carbonyl (C=O) groups is 2. The van der Waals surface area contributed by atoms with Crippen LogP contribution in [0.4, 0.5) is 5.69 Å². The summed E-state index contributed by atoms with van der Waals surface area (Å²) < 4.78 is 41.6. The number of ether oxygens (including phenoxy) is 3. The second-order valence-corrected chi connectivity index (χ2v) is 6.61. The molecule has 0 fully saturated rings. The van der Waals surface area contributed by atoms with E-state index in [-0.39, 0.29) is 21.7 Å². The zero-order chi connectivity index (χ0) is 19.3. The minimum absolute atomic E-state index is 0.108. The van der Waals surface area contributed by atoms with Crippen LogP contribution in [0.1, 0.15) is 20.7 Å². The van der Waals surface area contributed by atoms with Gasteiger partial charge < -0.3 is 14.2 Å². The lowest BCUT2D eigenvalue weighted by Crippen LogP contribution is -2.16. The summed E-state index contributed by atoms with van der Waals surface area (Å²) >= 11 is 0. The first kappa shape index (κ1) is 19.2. The zero-order valence-electron chi connectivity index (χ0n) is 14.2. The van der Waals surface area contributed by atoms with Gasteiger partial charge in [-0.05, 0) is 24.3 Å². The molecule has 2 aromatic rings. The van der Waals surface area contributed by atoms with Crippen LogP contribution in [-0.4, -0.2) is 46.7 Å². The molecule has 0 bridgehead atoms. The number of sulfonamides is 1. The van der Waals surface area contributed by atoms with Crippen molar-refractivity contribution in [3.8, 4) is 5.88 Å².